The number of carbonyl (C=O) groups excluding carboxylic acids is 1. The molecule has 152 valence electrons. The van der Waals surface area contributed by atoms with E-state index < -0.39 is 18.7 Å². The second-order valence-electron chi connectivity index (χ2n) is 6.55. The number of ether oxygens (including phenoxy) is 1. The molecule has 8 heteroatoms. The summed E-state index contributed by atoms with van der Waals surface area (Å²) in [7, 11) is 0. The van der Waals surface area contributed by atoms with Crippen molar-refractivity contribution >= 4 is 5.91 Å². The summed E-state index contributed by atoms with van der Waals surface area (Å²) in [5.41, 5.74) is 3.94. The Bertz CT molecular complexity index is 949. The number of carbonyl (C=O) groups is 1. The highest BCUT2D eigenvalue weighted by atomic mass is 19.4. The van der Waals surface area contributed by atoms with Gasteiger partial charge in [0.25, 0.3) is 5.91 Å². The smallest absolute Gasteiger partial charge is 0.367 e. The van der Waals surface area contributed by atoms with Gasteiger partial charge < -0.3 is 14.6 Å². The minimum atomic E-state index is -4.34. The third-order valence-electron chi connectivity index (χ3n) is 4.09. The van der Waals surface area contributed by atoms with Gasteiger partial charge in [0.05, 0.1) is 6.61 Å². The highest BCUT2D eigenvalue weighted by Gasteiger charge is 2.27. The van der Waals surface area contributed by atoms with E-state index >= 15 is 0 Å². The minimum absolute atomic E-state index is 0.0951. The van der Waals surface area contributed by atoms with Gasteiger partial charge in [-0.05, 0) is 18.1 Å². The SMILES string of the molecule is Cc1ccc(-c2cc(C(=O)NCc3ccc(COCC(F)(F)F)cc3)on2)cc1. The lowest BCUT2D eigenvalue weighted by Gasteiger charge is -2.08. The van der Waals surface area contributed by atoms with Gasteiger partial charge in [-0.25, -0.2) is 0 Å². The number of amides is 1. The van der Waals surface area contributed by atoms with Crippen LogP contribution in [0.3, 0.4) is 0 Å². The van der Waals surface area contributed by atoms with Crippen molar-refractivity contribution in [2.45, 2.75) is 26.3 Å². The molecule has 0 aliphatic carbocycles. The van der Waals surface area contributed by atoms with Gasteiger partial charge in [-0.3, -0.25) is 4.79 Å². The lowest BCUT2D eigenvalue weighted by Crippen LogP contribution is -2.22. The Kier molecular flexibility index (Phi) is 6.33. The van der Waals surface area contributed by atoms with Crippen LogP contribution in [0, 0.1) is 6.92 Å². The summed E-state index contributed by atoms with van der Waals surface area (Å²) in [6.45, 7) is 0.801. The van der Waals surface area contributed by atoms with E-state index in [4.69, 9.17) is 4.52 Å². The van der Waals surface area contributed by atoms with Crippen molar-refractivity contribution < 1.29 is 27.2 Å². The third-order valence-corrected chi connectivity index (χ3v) is 4.09. The maximum absolute atomic E-state index is 12.2. The average Bonchev–Trinajstić information content (AvgIpc) is 3.17. The molecule has 0 aliphatic rings. The van der Waals surface area contributed by atoms with Crippen LogP contribution in [-0.4, -0.2) is 23.8 Å². The van der Waals surface area contributed by atoms with Gasteiger partial charge >= 0.3 is 6.18 Å². The monoisotopic (exact) mass is 404 g/mol. The Balaban J connectivity index is 1.51. The number of alkyl halides is 3. The highest BCUT2D eigenvalue weighted by molar-refractivity contribution is 5.92. The highest BCUT2D eigenvalue weighted by Crippen LogP contribution is 2.20. The fraction of sp³-hybridized carbons (Fsp3) is 0.238. The fourth-order valence-corrected chi connectivity index (χ4v) is 2.55. The van der Waals surface area contributed by atoms with E-state index in [1.807, 2.05) is 31.2 Å². The van der Waals surface area contributed by atoms with E-state index in [1.165, 1.54) is 0 Å². The van der Waals surface area contributed by atoms with E-state index in [0.717, 1.165) is 16.7 Å². The Morgan fingerprint density at radius 1 is 1.07 bits per heavy atom. The number of nitrogens with one attached hydrogen (secondary N) is 1. The van der Waals surface area contributed by atoms with Crippen molar-refractivity contribution in [3.05, 3.63) is 77.0 Å². The summed E-state index contributed by atoms with van der Waals surface area (Å²) in [6.07, 6.45) is -4.34. The zero-order valence-corrected chi connectivity index (χ0v) is 15.6. The molecule has 1 amide bonds. The molecule has 1 heterocycles. The molecule has 0 atom stereocenters. The van der Waals surface area contributed by atoms with Crippen molar-refractivity contribution in [2.24, 2.45) is 0 Å². The summed E-state index contributed by atoms with van der Waals surface area (Å²) < 4.78 is 46.0. The molecule has 1 N–H and O–H groups in total. The number of benzene rings is 2. The first-order chi connectivity index (χ1) is 13.8. The first-order valence-corrected chi connectivity index (χ1v) is 8.84. The third kappa shape index (κ3) is 6.18. The van der Waals surface area contributed by atoms with Crippen LogP contribution in [0.2, 0.25) is 0 Å². The maximum Gasteiger partial charge on any atom is 0.411 e. The van der Waals surface area contributed by atoms with E-state index in [9.17, 15) is 18.0 Å². The molecule has 0 unspecified atom stereocenters. The summed E-state index contributed by atoms with van der Waals surface area (Å²) in [5, 5.41) is 6.64. The van der Waals surface area contributed by atoms with Crippen LogP contribution < -0.4 is 5.32 Å². The van der Waals surface area contributed by atoms with E-state index in [0.29, 0.717) is 11.3 Å². The Morgan fingerprint density at radius 3 is 2.38 bits per heavy atom. The predicted octanol–water partition coefficient (Wildman–Crippen LogP) is 4.66. The number of halogens is 3. The normalized spacial score (nSPS) is 11.4. The number of nitrogens with zero attached hydrogens (tertiary/aromatic N) is 1. The van der Waals surface area contributed by atoms with Crippen molar-refractivity contribution in [1.29, 1.82) is 0 Å². The number of aryl methyl sites for hydroxylation is 1. The summed E-state index contributed by atoms with van der Waals surface area (Å²) in [5.74, 6) is -0.314. The molecule has 29 heavy (non-hydrogen) atoms. The Hall–Kier alpha value is -3.13. The van der Waals surface area contributed by atoms with Crippen LogP contribution >= 0.6 is 0 Å². The summed E-state index contributed by atoms with van der Waals surface area (Å²) in [4.78, 5) is 12.2. The van der Waals surface area contributed by atoms with Gasteiger partial charge in [-0.2, -0.15) is 13.2 Å². The molecule has 2 aromatic carbocycles. The van der Waals surface area contributed by atoms with Crippen LogP contribution in [0.15, 0.2) is 59.1 Å². The van der Waals surface area contributed by atoms with Crippen LogP contribution in [-0.2, 0) is 17.9 Å². The van der Waals surface area contributed by atoms with Crippen LogP contribution in [0.5, 0.6) is 0 Å². The first-order valence-electron chi connectivity index (χ1n) is 8.84. The Labute approximate surface area is 165 Å². The molecule has 5 nitrogen and oxygen atoms in total. The van der Waals surface area contributed by atoms with E-state index in [1.54, 1.807) is 30.3 Å². The topological polar surface area (TPSA) is 64.4 Å². The quantitative estimate of drug-likeness (QED) is 0.622. The average molecular weight is 404 g/mol. The molecule has 0 bridgehead atoms. The van der Waals surface area contributed by atoms with E-state index in [-0.39, 0.29) is 18.9 Å². The number of hydrogen-bond donors (Lipinski definition) is 1. The number of aromatic nitrogens is 1. The van der Waals surface area contributed by atoms with E-state index in [2.05, 4.69) is 15.2 Å². The van der Waals surface area contributed by atoms with Crippen molar-refractivity contribution in [1.82, 2.24) is 10.5 Å². The van der Waals surface area contributed by atoms with Crippen molar-refractivity contribution in [3.8, 4) is 11.3 Å². The molecule has 0 saturated carbocycles. The number of hydrogen-bond acceptors (Lipinski definition) is 4. The standard InChI is InChI=1S/C21H19F3N2O3/c1-14-2-8-17(9-3-14)18-10-19(29-26-18)20(27)25-11-15-4-6-16(7-5-15)12-28-13-21(22,23)24/h2-10H,11-13H2,1H3,(H,25,27). The minimum Gasteiger partial charge on any atom is -0.367 e. The lowest BCUT2D eigenvalue weighted by molar-refractivity contribution is -0.176. The van der Waals surface area contributed by atoms with Crippen molar-refractivity contribution in [2.75, 3.05) is 6.61 Å². The molecular weight excluding hydrogens is 385 g/mol. The molecular formula is C21H19F3N2O3. The number of rotatable bonds is 7. The maximum atomic E-state index is 12.2. The largest absolute Gasteiger partial charge is 0.411 e. The zero-order valence-electron chi connectivity index (χ0n) is 15.6. The molecule has 1 aromatic heterocycles. The first kappa shape index (κ1) is 20.6. The molecule has 0 spiro atoms. The van der Waals surface area contributed by atoms with Gasteiger partial charge in [-0.15, -0.1) is 0 Å². The predicted molar refractivity (Wildman–Crippen MR) is 100.0 cm³/mol. The van der Waals surface area contributed by atoms with Gasteiger partial charge in [0.15, 0.2) is 0 Å². The van der Waals surface area contributed by atoms with Crippen LogP contribution in [0.4, 0.5) is 13.2 Å². The van der Waals surface area contributed by atoms with Gasteiger partial charge in [-0.1, -0.05) is 59.3 Å². The molecule has 0 aliphatic heterocycles. The molecule has 0 radical (unpaired) electrons. The molecule has 0 saturated heterocycles. The van der Waals surface area contributed by atoms with Crippen LogP contribution in [0.1, 0.15) is 27.2 Å². The van der Waals surface area contributed by atoms with Crippen LogP contribution in [0.25, 0.3) is 11.3 Å². The summed E-state index contributed by atoms with van der Waals surface area (Å²) in [6, 6.07) is 16.0. The zero-order chi connectivity index (χ0) is 20.9. The molecule has 3 aromatic rings. The van der Waals surface area contributed by atoms with Gasteiger partial charge in [0, 0.05) is 18.2 Å². The Morgan fingerprint density at radius 2 is 1.72 bits per heavy atom. The van der Waals surface area contributed by atoms with Gasteiger partial charge in [0.2, 0.25) is 5.76 Å². The summed E-state index contributed by atoms with van der Waals surface area (Å²) >= 11 is 0. The second kappa shape index (κ2) is 8.91. The fourth-order valence-electron chi connectivity index (χ4n) is 2.55. The molecule has 3 rings (SSSR count). The second-order valence-corrected chi connectivity index (χ2v) is 6.55. The van der Waals surface area contributed by atoms with Crippen molar-refractivity contribution in [3.63, 3.8) is 0 Å². The van der Waals surface area contributed by atoms with Gasteiger partial charge in [0.1, 0.15) is 12.3 Å². The lowest BCUT2D eigenvalue weighted by atomic mass is 10.1. The molecule has 0 fully saturated rings.